The molecule has 1 aromatic carbocycles. The first-order valence-corrected chi connectivity index (χ1v) is 5.49. The molecule has 0 aromatic heterocycles. The highest BCUT2D eigenvalue weighted by molar-refractivity contribution is 9.09. The first kappa shape index (κ1) is 10.9. The lowest BCUT2D eigenvalue weighted by molar-refractivity contribution is 0.242. The highest BCUT2D eigenvalue weighted by Crippen LogP contribution is 2.29. The van der Waals surface area contributed by atoms with Gasteiger partial charge in [-0.3, -0.25) is 0 Å². The highest BCUT2D eigenvalue weighted by Gasteiger charge is 2.04. The predicted molar refractivity (Wildman–Crippen MR) is 59.7 cm³/mol. The summed E-state index contributed by atoms with van der Waals surface area (Å²) in [5.41, 5.74) is 1.01. The molecular weight excluding hydrogens is 251 g/mol. The van der Waals surface area contributed by atoms with Crippen molar-refractivity contribution in [1.82, 2.24) is 0 Å². The monoisotopic (exact) mass is 262 g/mol. The summed E-state index contributed by atoms with van der Waals surface area (Å²) in [7, 11) is 0. The fourth-order valence-electron chi connectivity index (χ4n) is 0.996. The summed E-state index contributed by atoms with van der Waals surface area (Å²) in [6.45, 7) is 4.00. The molecule has 1 nitrogen and oxygen atoms in total. The molecule has 0 fully saturated rings. The number of halogens is 2. The van der Waals surface area contributed by atoms with Crippen LogP contribution in [0.1, 0.15) is 23.7 Å². The zero-order chi connectivity index (χ0) is 9.84. The minimum absolute atomic E-state index is 0.150. The van der Waals surface area contributed by atoms with E-state index in [0.29, 0.717) is 0 Å². The Hall–Kier alpha value is -0.210. The second-order valence-corrected chi connectivity index (χ2v) is 4.92. The third kappa shape index (κ3) is 3.57. The van der Waals surface area contributed by atoms with Crippen molar-refractivity contribution in [3.63, 3.8) is 0 Å². The summed E-state index contributed by atoms with van der Waals surface area (Å²) in [5, 5.41) is 0. The van der Waals surface area contributed by atoms with Crippen LogP contribution < -0.4 is 4.74 Å². The Bertz CT molecular complexity index is 273. The van der Waals surface area contributed by atoms with Crippen LogP contribution in [-0.2, 0) is 0 Å². The third-order valence-electron chi connectivity index (χ3n) is 1.48. The maximum absolute atomic E-state index is 5.87. The van der Waals surface area contributed by atoms with Crippen LogP contribution >= 0.6 is 27.5 Å². The standard InChI is InChI=1S/C10H12BrClO/c1-7(2)13-9-5-3-4-8(6-9)10(11)12/h3-7,10H,1-2H3. The maximum atomic E-state index is 5.87. The van der Waals surface area contributed by atoms with E-state index in [2.05, 4.69) is 15.9 Å². The molecule has 13 heavy (non-hydrogen) atoms. The zero-order valence-corrected chi connectivity index (χ0v) is 9.97. The van der Waals surface area contributed by atoms with Gasteiger partial charge in [0.1, 0.15) is 10.0 Å². The van der Waals surface area contributed by atoms with Gasteiger partial charge in [-0.15, -0.1) is 11.6 Å². The largest absolute Gasteiger partial charge is 0.491 e. The average Bonchev–Trinajstić information content (AvgIpc) is 2.03. The van der Waals surface area contributed by atoms with Gasteiger partial charge in [0.25, 0.3) is 0 Å². The van der Waals surface area contributed by atoms with Gasteiger partial charge in [-0.05, 0) is 31.5 Å². The molecule has 0 saturated carbocycles. The molecule has 3 heteroatoms. The fraction of sp³-hybridized carbons (Fsp3) is 0.400. The number of alkyl halides is 2. The van der Waals surface area contributed by atoms with Crippen LogP contribution in [0.3, 0.4) is 0 Å². The van der Waals surface area contributed by atoms with E-state index in [-0.39, 0.29) is 10.4 Å². The Morgan fingerprint density at radius 2 is 2.08 bits per heavy atom. The van der Waals surface area contributed by atoms with Crippen molar-refractivity contribution in [2.45, 2.75) is 24.2 Å². The van der Waals surface area contributed by atoms with Crippen molar-refractivity contribution < 1.29 is 4.74 Å². The Morgan fingerprint density at radius 3 is 2.62 bits per heavy atom. The van der Waals surface area contributed by atoms with Crippen molar-refractivity contribution in [2.24, 2.45) is 0 Å². The summed E-state index contributed by atoms with van der Waals surface area (Å²) >= 11 is 9.17. The van der Waals surface area contributed by atoms with Crippen LogP contribution in [0.15, 0.2) is 24.3 Å². The van der Waals surface area contributed by atoms with E-state index >= 15 is 0 Å². The van der Waals surface area contributed by atoms with Crippen LogP contribution in [0.2, 0.25) is 0 Å². The van der Waals surface area contributed by atoms with Crippen molar-refractivity contribution in [3.8, 4) is 5.75 Å². The molecule has 0 aliphatic rings. The molecule has 0 amide bonds. The number of hydrogen-bond donors (Lipinski definition) is 0. The molecule has 0 heterocycles. The normalized spacial score (nSPS) is 13.0. The average molecular weight is 264 g/mol. The quantitative estimate of drug-likeness (QED) is 0.746. The van der Waals surface area contributed by atoms with E-state index in [9.17, 15) is 0 Å². The Labute approximate surface area is 92.2 Å². The second kappa shape index (κ2) is 4.87. The predicted octanol–water partition coefficient (Wildman–Crippen LogP) is 4.11. The summed E-state index contributed by atoms with van der Waals surface area (Å²) in [4.78, 5) is 0. The van der Waals surface area contributed by atoms with Crippen molar-refractivity contribution in [1.29, 1.82) is 0 Å². The van der Waals surface area contributed by atoms with Crippen LogP contribution in [0, 0.1) is 0 Å². The summed E-state index contributed by atoms with van der Waals surface area (Å²) in [5.74, 6) is 0.859. The molecule has 72 valence electrons. The van der Waals surface area contributed by atoms with Gasteiger partial charge in [0.05, 0.1) is 6.10 Å². The topological polar surface area (TPSA) is 9.23 Å². The van der Waals surface area contributed by atoms with E-state index < -0.39 is 0 Å². The van der Waals surface area contributed by atoms with Crippen molar-refractivity contribution in [2.75, 3.05) is 0 Å². The molecular formula is C10H12BrClO. The minimum atomic E-state index is -0.150. The van der Waals surface area contributed by atoms with Crippen LogP contribution in [0.25, 0.3) is 0 Å². The molecule has 0 saturated heterocycles. The Kier molecular flexibility index (Phi) is 4.07. The van der Waals surface area contributed by atoms with Gasteiger partial charge in [0.2, 0.25) is 0 Å². The lowest BCUT2D eigenvalue weighted by Gasteiger charge is -2.11. The van der Waals surface area contributed by atoms with Gasteiger partial charge >= 0.3 is 0 Å². The van der Waals surface area contributed by atoms with E-state index in [4.69, 9.17) is 16.3 Å². The molecule has 1 aromatic rings. The summed E-state index contributed by atoms with van der Waals surface area (Å²) in [6.07, 6.45) is 0.194. The van der Waals surface area contributed by atoms with Crippen molar-refractivity contribution in [3.05, 3.63) is 29.8 Å². The zero-order valence-electron chi connectivity index (χ0n) is 7.63. The molecule has 1 atom stereocenters. The van der Waals surface area contributed by atoms with Crippen LogP contribution in [0.4, 0.5) is 0 Å². The molecule has 0 N–H and O–H groups in total. The SMILES string of the molecule is CC(C)Oc1cccc(C(Cl)Br)c1. The van der Waals surface area contributed by atoms with E-state index in [1.807, 2.05) is 38.1 Å². The molecule has 0 aliphatic carbocycles. The molecule has 0 bridgehead atoms. The molecule has 1 rings (SSSR count). The van der Waals surface area contributed by atoms with Gasteiger partial charge in [-0.1, -0.05) is 28.1 Å². The summed E-state index contributed by atoms with van der Waals surface area (Å²) < 4.78 is 5.38. The molecule has 0 spiro atoms. The van der Waals surface area contributed by atoms with E-state index in [1.165, 1.54) is 0 Å². The fourth-order valence-corrected chi connectivity index (χ4v) is 1.42. The molecule has 0 radical (unpaired) electrons. The first-order valence-electron chi connectivity index (χ1n) is 4.14. The van der Waals surface area contributed by atoms with E-state index in [1.54, 1.807) is 0 Å². The number of benzene rings is 1. The number of hydrogen-bond acceptors (Lipinski definition) is 1. The molecule has 0 aliphatic heterocycles. The van der Waals surface area contributed by atoms with Crippen LogP contribution in [0.5, 0.6) is 5.75 Å². The number of ether oxygens (including phenoxy) is 1. The van der Waals surface area contributed by atoms with Gasteiger partial charge in [0, 0.05) is 0 Å². The maximum Gasteiger partial charge on any atom is 0.120 e. The van der Waals surface area contributed by atoms with Gasteiger partial charge < -0.3 is 4.74 Å². The van der Waals surface area contributed by atoms with Crippen molar-refractivity contribution >= 4 is 27.5 Å². The smallest absolute Gasteiger partial charge is 0.120 e. The lowest BCUT2D eigenvalue weighted by atomic mass is 10.2. The minimum Gasteiger partial charge on any atom is -0.491 e. The van der Waals surface area contributed by atoms with E-state index in [0.717, 1.165) is 11.3 Å². The third-order valence-corrected chi connectivity index (χ3v) is 2.26. The Morgan fingerprint density at radius 1 is 1.38 bits per heavy atom. The van der Waals surface area contributed by atoms with Gasteiger partial charge in [-0.25, -0.2) is 0 Å². The first-order chi connectivity index (χ1) is 6.09. The Balaban J connectivity index is 2.79. The van der Waals surface area contributed by atoms with Gasteiger partial charge in [0.15, 0.2) is 0 Å². The molecule has 1 unspecified atom stereocenters. The number of rotatable bonds is 3. The highest BCUT2D eigenvalue weighted by atomic mass is 79.9. The summed E-state index contributed by atoms with van der Waals surface area (Å²) in [6, 6.07) is 7.76. The van der Waals surface area contributed by atoms with Gasteiger partial charge in [-0.2, -0.15) is 0 Å². The second-order valence-electron chi connectivity index (χ2n) is 3.04. The lowest BCUT2D eigenvalue weighted by Crippen LogP contribution is -2.05. The van der Waals surface area contributed by atoms with Crippen LogP contribution in [-0.4, -0.2) is 6.10 Å².